The predicted molar refractivity (Wildman–Crippen MR) is 95.9 cm³/mol. The number of rotatable bonds is 8. The van der Waals surface area contributed by atoms with Crippen molar-refractivity contribution in [3.05, 3.63) is 29.8 Å². The molecule has 0 bridgehead atoms. The van der Waals surface area contributed by atoms with Crippen molar-refractivity contribution in [3.63, 3.8) is 0 Å². The van der Waals surface area contributed by atoms with Gasteiger partial charge in [-0.3, -0.25) is 4.79 Å². The van der Waals surface area contributed by atoms with Crippen molar-refractivity contribution in [2.45, 2.75) is 30.2 Å². The van der Waals surface area contributed by atoms with E-state index in [0.717, 1.165) is 25.0 Å². The molecule has 8 heteroatoms. The van der Waals surface area contributed by atoms with Gasteiger partial charge in [0.15, 0.2) is 0 Å². The lowest BCUT2D eigenvalue weighted by Gasteiger charge is -2.23. The van der Waals surface area contributed by atoms with Gasteiger partial charge in [0.25, 0.3) is 5.91 Å². The van der Waals surface area contributed by atoms with Crippen LogP contribution in [0, 0.1) is 0 Å². The fourth-order valence-electron chi connectivity index (χ4n) is 2.45. The molecule has 1 aromatic carbocycles. The van der Waals surface area contributed by atoms with E-state index in [9.17, 15) is 13.2 Å². The summed E-state index contributed by atoms with van der Waals surface area (Å²) in [6, 6.07) is 5.90. The lowest BCUT2D eigenvalue weighted by Crippen LogP contribution is -2.40. The van der Waals surface area contributed by atoms with E-state index in [2.05, 4.69) is 10.0 Å². The number of sulfonamides is 1. The Bertz CT molecular complexity index is 643. The first-order valence-corrected chi connectivity index (χ1v) is 10.9. The van der Waals surface area contributed by atoms with Gasteiger partial charge in [0.1, 0.15) is 0 Å². The van der Waals surface area contributed by atoms with Gasteiger partial charge >= 0.3 is 0 Å². The minimum absolute atomic E-state index is 0.102. The summed E-state index contributed by atoms with van der Waals surface area (Å²) in [5, 5.41) is 2.81. The number of thioether (sulfide) groups is 1. The third-order valence-corrected chi connectivity index (χ3v) is 5.91. The zero-order valence-electron chi connectivity index (χ0n) is 13.8. The fourth-order valence-corrected chi connectivity index (χ4v) is 4.18. The van der Waals surface area contributed by atoms with Crippen LogP contribution < -0.4 is 10.0 Å². The molecule has 1 amide bonds. The second-order valence-corrected chi connectivity index (χ2v) is 8.37. The van der Waals surface area contributed by atoms with Gasteiger partial charge in [-0.05, 0) is 49.5 Å². The highest BCUT2D eigenvalue weighted by molar-refractivity contribution is 7.98. The monoisotopic (exact) mass is 372 g/mol. The fraction of sp³-hybridized carbons (Fsp3) is 0.562. The molecule has 0 spiro atoms. The average molecular weight is 373 g/mol. The van der Waals surface area contributed by atoms with Crippen molar-refractivity contribution in [2.75, 3.05) is 31.8 Å². The van der Waals surface area contributed by atoms with E-state index in [-0.39, 0.29) is 16.8 Å². The lowest BCUT2D eigenvalue weighted by molar-refractivity contribution is 0.0774. The molecule has 2 N–H and O–H groups in total. The Kier molecular flexibility index (Phi) is 7.54. The highest BCUT2D eigenvalue weighted by Gasteiger charge is 2.23. The molecule has 1 heterocycles. The molecule has 1 fully saturated rings. The lowest BCUT2D eigenvalue weighted by atomic mass is 10.1. The summed E-state index contributed by atoms with van der Waals surface area (Å²) in [6.45, 7) is 1.63. The van der Waals surface area contributed by atoms with Crippen molar-refractivity contribution in [1.82, 2.24) is 10.0 Å². The van der Waals surface area contributed by atoms with Crippen LogP contribution in [0.2, 0.25) is 0 Å². The first-order chi connectivity index (χ1) is 11.5. The smallest absolute Gasteiger partial charge is 0.251 e. The van der Waals surface area contributed by atoms with Gasteiger partial charge in [0.2, 0.25) is 10.0 Å². The zero-order chi connectivity index (χ0) is 17.4. The minimum Gasteiger partial charge on any atom is -0.380 e. The van der Waals surface area contributed by atoms with Crippen LogP contribution in [0.1, 0.15) is 29.6 Å². The standard InChI is InChI=1S/C16H24N2O4S2/c1-23-10-4-8-17-16(19)13-5-2-7-15(11-13)24(20,21)18-14-6-3-9-22-12-14/h2,5,7,11,14,18H,3-4,6,8-10,12H2,1H3,(H,17,19)/t14-/m1/s1. The maximum atomic E-state index is 12.5. The molecule has 2 rings (SSSR count). The number of hydrogen-bond donors (Lipinski definition) is 2. The quantitative estimate of drug-likeness (QED) is 0.678. The van der Waals surface area contributed by atoms with Gasteiger partial charge in [-0.1, -0.05) is 6.07 Å². The summed E-state index contributed by atoms with van der Waals surface area (Å²) in [5.41, 5.74) is 0.349. The maximum Gasteiger partial charge on any atom is 0.251 e. The molecule has 1 saturated heterocycles. The molecule has 0 unspecified atom stereocenters. The first kappa shape index (κ1) is 19.2. The molecule has 134 valence electrons. The van der Waals surface area contributed by atoms with Gasteiger partial charge in [0, 0.05) is 24.8 Å². The summed E-state index contributed by atoms with van der Waals surface area (Å²) >= 11 is 1.72. The predicted octanol–water partition coefficient (Wildman–Crippen LogP) is 1.63. The van der Waals surface area contributed by atoms with Crippen LogP contribution in [0.25, 0.3) is 0 Å². The van der Waals surface area contributed by atoms with Gasteiger partial charge in [-0.2, -0.15) is 11.8 Å². The molecule has 1 aliphatic heterocycles. The number of ether oxygens (including phenoxy) is 1. The van der Waals surface area contributed by atoms with Crippen LogP contribution in [0.4, 0.5) is 0 Å². The highest BCUT2D eigenvalue weighted by atomic mass is 32.2. The largest absolute Gasteiger partial charge is 0.380 e. The van der Waals surface area contributed by atoms with Crippen LogP contribution in [0.3, 0.4) is 0 Å². The molecule has 0 aliphatic carbocycles. The molecule has 0 radical (unpaired) electrons. The molecule has 6 nitrogen and oxygen atoms in total. The van der Waals surface area contributed by atoms with Crippen molar-refractivity contribution >= 4 is 27.7 Å². The van der Waals surface area contributed by atoms with Crippen molar-refractivity contribution in [3.8, 4) is 0 Å². The third-order valence-electron chi connectivity index (χ3n) is 3.70. The molecular formula is C16H24N2O4S2. The zero-order valence-corrected chi connectivity index (χ0v) is 15.4. The highest BCUT2D eigenvalue weighted by Crippen LogP contribution is 2.15. The maximum absolute atomic E-state index is 12.5. The van der Waals surface area contributed by atoms with E-state index in [1.807, 2.05) is 6.26 Å². The molecule has 1 aliphatic rings. The Morgan fingerprint density at radius 3 is 2.96 bits per heavy atom. The summed E-state index contributed by atoms with van der Waals surface area (Å²) in [4.78, 5) is 12.2. The van der Waals surface area contributed by atoms with E-state index < -0.39 is 10.0 Å². The van der Waals surface area contributed by atoms with Gasteiger partial charge in [0.05, 0.1) is 11.5 Å². The number of amides is 1. The summed E-state index contributed by atoms with van der Waals surface area (Å²) < 4.78 is 32.9. The van der Waals surface area contributed by atoms with Crippen LogP contribution in [0.15, 0.2) is 29.2 Å². The average Bonchev–Trinajstić information content (AvgIpc) is 2.59. The first-order valence-electron chi connectivity index (χ1n) is 8.00. The Morgan fingerprint density at radius 2 is 2.25 bits per heavy atom. The molecule has 0 aromatic heterocycles. The van der Waals surface area contributed by atoms with Gasteiger partial charge in [-0.25, -0.2) is 13.1 Å². The molecule has 1 aromatic rings. The van der Waals surface area contributed by atoms with Crippen LogP contribution in [-0.4, -0.2) is 52.1 Å². The van der Waals surface area contributed by atoms with Gasteiger partial charge < -0.3 is 10.1 Å². The van der Waals surface area contributed by atoms with E-state index in [1.165, 1.54) is 12.1 Å². The van der Waals surface area contributed by atoms with E-state index >= 15 is 0 Å². The second-order valence-electron chi connectivity index (χ2n) is 5.67. The number of carbonyl (C=O) groups excluding carboxylic acids is 1. The molecule has 0 saturated carbocycles. The van der Waals surface area contributed by atoms with Crippen molar-refractivity contribution in [2.24, 2.45) is 0 Å². The Hall–Kier alpha value is -1.09. The summed E-state index contributed by atoms with van der Waals surface area (Å²) in [6.07, 6.45) is 4.50. The topological polar surface area (TPSA) is 84.5 Å². The normalized spacial score (nSPS) is 18.3. The number of benzene rings is 1. The van der Waals surface area contributed by atoms with Gasteiger partial charge in [-0.15, -0.1) is 0 Å². The molecule has 1 atom stereocenters. The minimum atomic E-state index is -3.66. The Balaban J connectivity index is 2.01. The second kappa shape index (κ2) is 9.41. The SMILES string of the molecule is CSCCCNC(=O)c1cccc(S(=O)(=O)N[C@@H]2CCCOC2)c1. The van der Waals surface area contributed by atoms with E-state index in [1.54, 1.807) is 23.9 Å². The van der Waals surface area contributed by atoms with Crippen LogP contribution in [-0.2, 0) is 14.8 Å². The van der Waals surface area contributed by atoms with Crippen molar-refractivity contribution < 1.29 is 17.9 Å². The number of hydrogen-bond acceptors (Lipinski definition) is 5. The Labute approximate surface area is 147 Å². The van der Waals surface area contributed by atoms with Crippen LogP contribution in [0.5, 0.6) is 0 Å². The van der Waals surface area contributed by atoms with Crippen LogP contribution >= 0.6 is 11.8 Å². The summed E-state index contributed by atoms with van der Waals surface area (Å²) in [7, 11) is -3.66. The van der Waals surface area contributed by atoms with E-state index in [0.29, 0.717) is 25.3 Å². The molecular weight excluding hydrogens is 348 g/mol. The Morgan fingerprint density at radius 1 is 1.42 bits per heavy atom. The number of carbonyl (C=O) groups is 1. The third kappa shape index (κ3) is 5.77. The molecule has 24 heavy (non-hydrogen) atoms. The number of nitrogens with one attached hydrogen (secondary N) is 2. The summed E-state index contributed by atoms with van der Waals surface area (Å²) in [5.74, 6) is 0.719. The van der Waals surface area contributed by atoms with Crippen molar-refractivity contribution in [1.29, 1.82) is 0 Å². The van der Waals surface area contributed by atoms with E-state index in [4.69, 9.17) is 4.74 Å².